The van der Waals surface area contributed by atoms with E-state index in [-0.39, 0.29) is 24.0 Å². The molecular weight excluding hydrogens is 352 g/mol. The Kier molecular flexibility index (Phi) is 4.85. The molecule has 4 rings (SSSR count). The summed E-state index contributed by atoms with van der Waals surface area (Å²) in [6.45, 7) is 6.49. The van der Waals surface area contributed by atoms with Crippen molar-refractivity contribution in [1.82, 2.24) is 4.90 Å². The van der Waals surface area contributed by atoms with Gasteiger partial charge in [0.05, 0.1) is 17.8 Å². The lowest BCUT2D eigenvalue weighted by Crippen LogP contribution is -2.43. The highest BCUT2D eigenvalue weighted by Crippen LogP contribution is 2.32. The first-order valence-corrected chi connectivity index (χ1v) is 9.77. The average molecular weight is 376 g/mol. The van der Waals surface area contributed by atoms with Crippen molar-refractivity contribution in [2.24, 2.45) is 11.8 Å². The highest BCUT2D eigenvalue weighted by Gasteiger charge is 2.32. The number of hydrogen-bond donors (Lipinski definition) is 1. The number of fused-ring (bicyclic) bond motifs is 2. The molecule has 0 saturated carbocycles. The van der Waals surface area contributed by atoms with Crippen LogP contribution in [0.25, 0.3) is 0 Å². The van der Waals surface area contributed by atoms with Crippen molar-refractivity contribution < 1.29 is 14.4 Å². The van der Waals surface area contributed by atoms with Gasteiger partial charge in [0.15, 0.2) is 11.6 Å². The molecule has 0 spiro atoms. The largest absolute Gasteiger partial charge is 0.324 e. The summed E-state index contributed by atoms with van der Waals surface area (Å²) in [5.74, 6) is 0.573. The van der Waals surface area contributed by atoms with E-state index < -0.39 is 0 Å². The van der Waals surface area contributed by atoms with Crippen molar-refractivity contribution in [1.29, 1.82) is 0 Å². The van der Waals surface area contributed by atoms with Gasteiger partial charge in [-0.15, -0.1) is 0 Å². The van der Waals surface area contributed by atoms with Crippen LogP contribution < -0.4 is 5.32 Å². The molecule has 2 aromatic carbocycles. The first-order chi connectivity index (χ1) is 13.4. The van der Waals surface area contributed by atoms with Gasteiger partial charge in [0.2, 0.25) is 5.91 Å². The number of amides is 1. The molecule has 1 aliphatic heterocycles. The fraction of sp³-hybridized carbons (Fsp3) is 0.348. The molecule has 5 nitrogen and oxygen atoms in total. The predicted molar refractivity (Wildman–Crippen MR) is 108 cm³/mol. The first-order valence-electron chi connectivity index (χ1n) is 9.77. The monoisotopic (exact) mass is 376 g/mol. The zero-order valence-electron chi connectivity index (χ0n) is 16.2. The number of benzene rings is 2. The molecule has 144 valence electrons. The normalized spacial score (nSPS) is 21.8. The van der Waals surface area contributed by atoms with Gasteiger partial charge in [-0.3, -0.25) is 19.3 Å². The van der Waals surface area contributed by atoms with Crippen molar-refractivity contribution in [2.45, 2.75) is 20.3 Å². The number of nitrogens with zero attached hydrogens (tertiary/aromatic N) is 1. The van der Waals surface area contributed by atoms with Gasteiger partial charge in [-0.2, -0.15) is 0 Å². The van der Waals surface area contributed by atoms with E-state index in [2.05, 4.69) is 24.1 Å². The van der Waals surface area contributed by atoms with Crippen molar-refractivity contribution in [3.63, 3.8) is 0 Å². The molecule has 0 unspecified atom stereocenters. The quantitative estimate of drug-likeness (QED) is 0.761. The molecular formula is C23H24N2O3. The maximum atomic E-state index is 13.0. The third-order valence-corrected chi connectivity index (χ3v) is 5.54. The summed E-state index contributed by atoms with van der Waals surface area (Å²) in [6, 6.07) is 11.9. The molecule has 2 aliphatic rings. The van der Waals surface area contributed by atoms with E-state index in [0.29, 0.717) is 39.8 Å². The van der Waals surface area contributed by atoms with E-state index in [9.17, 15) is 14.4 Å². The molecule has 1 saturated heterocycles. The maximum absolute atomic E-state index is 13.0. The van der Waals surface area contributed by atoms with Crippen LogP contribution in [0.2, 0.25) is 0 Å². The molecule has 2 aromatic rings. The summed E-state index contributed by atoms with van der Waals surface area (Å²) >= 11 is 0. The number of likely N-dealkylation sites (tertiary alicyclic amines) is 1. The molecule has 28 heavy (non-hydrogen) atoms. The van der Waals surface area contributed by atoms with E-state index in [1.54, 1.807) is 42.5 Å². The number of carbonyl (C=O) groups excluding carboxylic acids is 3. The van der Waals surface area contributed by atoms with Crippen LogP contribution in [-0.4, -0.2) is 42.0 Å². The van der Waals surface area contributed by atoms with E-state index in [1.165, 1.54) is 6.42 Å². The fourth-order valence-corrected chi connectivity index (χ4v) is 4.56. The maximum Gasteiger partial charge on any atom is 0.238 e. The van der Waals surface area contributed by atoms with Gasteiger partial charge in [0.25, 0.3) is 0 Å². The molecule has 1 heterocycles. The molecule has 0 aromatic heterocycles. The molecule has 1 aliphatic carbocycles. The minimum absolute atomic E-state index is 0.159. The average Bonchev–Trinajstić information content (AvgIpc) is 2.65. The Labute approximate surface area is 164 Å². The number of piperidine rings is 1. The van der Waals surface area contributed by atoms with Gasteiger partial charge in [-0.1, -0.05) is 50.2 Å². The molecule has 5 heteroatoms. The van der Waals surface area contributed by atoms with Crippen LogP contribution in [0.4, 0.5) is 5.69 Å². The van der Waals surface area contributed by atoms with Crippen molar-refractivity contribution in [2.75, 3.05) is 25.0 Å². The minimum atomic E-state index is -0.221. The van der Waals surface area contributed by atoms with Gasteiger partial charge in [-0.25, -0.2) is 0 Å². The van der Waals surface area contributed by atoms with Crippen LogP contribution in [0.3, 0.4) is 0 Å². The number of ketones is 2. The fourth-order valence-electron chi connectivity index (χ4n) is 4.56. The first kappa shape index (κ1) is 18.6. The zero-order valence-corrected chi connectivity index (χ0v) is 16.2. The highest BCUT2D eigenvalue weighted by molar-refractivity contribution is 6.30. The molecule has 1 fully saturated rings. The van der Waals surface area contributed by atoms with Crippen LogP contribution >= 0.6 is 0 Å². The van der Waals surface area contributed by atoms with Crippen LogP contribution in [0.5, 0.6) is 0 Å². The molecule has 1 amide bonds. The summed E-state index contributed by atoms with van der Waals surface area (Å²) in [5.41, 5.74) is 1.86. The summed E-state index contributed by atoms with van der Waals surface area (Å²) in [4.78, 5) is 40.6. The van der Waals surface area contributed by atoms with Crippen molar-refractivity contribution in [3.05, 3.63) is 64.7 Å². The summed E-state index contributed by atoms with van der Waals surface area (Å²) in [6.07, 6.45) is 1.18. The molecule has 0 radical (unpaired) electrons. The zero-order chi connectivity index (χ0) is 19.8. The molecule has 1 N–H and O–H groups in total. The van der Waals surface area contributed by atoms with Gasteiger partial charge in [0.1, 0.15) is 0 Å². The number of rotatable bonds is 3. The van der Waals surface area contributed by atoms with E-state index in [4.69, 9.17) is 0 Å². The lowest BCUT2D eigenvalue weighted by atomic mass is 9.83. The third-order valence-electron chi connectivity index (χ3n) is 5.54. The van der Waals surface area contributed by atoms with E-state index in [1.807, 2.05) is 0 Å². The SMILES string of the molecule is C[C@@H]1C[C@H](C)CN(CC(=O)Nc2cccc3c2C(=O)c2ccccc2C3=O)C1. The summed E-state index contributed by atoms with van der Waals surface area (Å²) < 4.78 is 0. The lowest BCUT2D eigenvalue weighted by molar-refractivity contribution is -0.117. The smallest absolute Gasteiger partial charge is 0.238 e. The minimum Gasteiger partial charge on any atom is -0.324 e. The summed E-state index contributed by atoms with van der Waals surface area (Å²) in [5, 5.41) is 2.88. The number of hydrogen-bond acceptors (Lipinski definition) is 4. The standard InChI is InChI=1S/C23H24N2O3/c1-14-10-15(2)12-25(11-14)13-20(26)24-19-9-5-8-18-21(19)23(28)17-7-4-3-6-16(17)22(18)27/h3-9,14-15H,10-13H2,1-2H3,(H,24,26)/t14-,15+. The van der Waals surface area contributed by atoms with Gasteiger partial charge < -0.3 is 5.32 Å². The second kappa shape index (κ2) is 7.32. The predicted octanol–water partition coefficient (Wildman–Crippen LogP) is 3.38. The highest BCUT2D eigenvalue weighted by atomic mass is 16.2. The number of anilines is 1. The molecule has 0 bridgehead atoms. The Bertz CT molecular complexity index is 956. The summed E-state index contributed by atoms with van der Waals surface area (Å²) in [7, 11) is 0. The van der Waals surface area contributed by atoms with Crippen LogP contribution in [0.1, 0.15) is 52.1 Å². The van der Waals surface area contributed by atoms with Crippen molar-refractivity contribution in [3.8, 4) is 0 Å². The second-order valence-electron chi connectivity index (χ2n) is 8.12. The number of carbonyl (C=O) groups is 3. The third kappa shape index (κ3) is 3.38. The van der Waals surface area contributed by atoms with Crippen molar-refractivity contribution >= 4 is 23.2 Å². The van der Waals surface area contributed by atoms with E-state index >= 15 is 0 Å². The Hall–Kier alpha value is -2.79. The van der Waals surface area contributed by atoms with Gasteiger partial charge in [-0.05, 0) is 24.3 Å². The Morgan fingerprint density at radius 2 is 1.54 bits per heavy atom. The number of nitrogens with one attached hydrogen (secondary N) is 1. The second-order valence-corrected chi connectivity index (χ2v) is 8.12. The molecule has 2 atom stereocenters. The van der Waals surface area contributed by atoms with Gasteiger partial charge in [0, 0.05) is 29.8 Å². The van der Waals surface area contributed by atoms with Crippen LogP contribution in [0.15, 0.2) is 42.5 Å². The topological polar surface area (TPSA) is 66.5 Å². The Morgan fingerprint density at radius 1 is 0.929 bits per heavy atom. The van der Waals surface area contributed by atoms with Crippen LogP contribution in [0, 0.1) is 11.8 Å². The Morgan fingerprint density at radius 3 is 2.21 bits per heavy atom. The van der Waals surface area contributed by atoms with E-state index in [0.717, 1.165) is 13.1 Å². The Balaban J connectivity index is 1.58. The lowest BCUT2D eigenvalue weighted by Gasteiger charge is -2.34. The van der Waals surface area contributed by atoms with Gasteiger partial charge >= 0.3 is 0 Å². The van der Waals surface area contributed by atoms with Crippen LogP contribution in [-0.2, 0) is 4.79 Å².